The number of aromatic amines is 1. The van der Waals surface area contributed by atoms with Gasteiger partial charge in [-0.1, -0.05) is 37.5 Å². The number of carbonyl (C=O) groups excluding carboxylic acids is 1. The van der Waals surface area contributed by atoms with Crippen molar-refractivity contribution in [2.24, 2.45) is 0 Å². The third-order valence-corrected chi connectivity index (χ3v) is 6.47. The second-order valence-corrected chi connectivity index (χ2v) is 9.04. The summed E-state index contributed by atoms with van der Waals surface area (Å²) in [6.45, 7) is 2.78. The fraction of sp³-hybridized carbons (Fsp3) is 0.385. The molecule has 2 aromatic carbocycles. The number of nitrogens with one attached hydrogen (secondary N) is 2. The van der Waals surface area contributed by atoms with Crippen molar-refractivity contribution in [2.75, 3.05) is 6.79 Å². The van der Waals surface area contributed by atoms with Gasteiger partial charge in [0.05, 0.1) is 6.54 Å². The molecule has 1 aromatic heterocycles. The Hall–Kier alpha value is -3.48. The summed E-state index contributed by atoms with van der Waals surface area (Å²) >= 11 is 0. The summed E-state index contributed by atoms with van der Waals surface area (Å²) in [7, 11) is 0. The summed E-state index contributed by atoms with van der Waals surface area (Å²) in [5, 5.41) is 4.14. The molecule has 0 bridgehead atoms. The summed E-state index contributed by atoms with van der Waals surface area (Å²) in [6, 6.07) is 13.6. The molecule has 7 nitrogen and oxygen atoms in total. The molecule has 172 valence electrons. The zero-order valence-electron chi connectivity index (χ0n) is 18.9. The van der Waals surface area contributed by atoms with Crippen LogP contribution < -0.4 is 20.3 Å². The van der Waals surface area contributed by atoms with E-state index in [1.54, 1.807) is 4.90 Å². The highest BCUT2D eigenvalue weighted by Gasteiger charge is 2.22. The minimum atomic E-state index is -0.172. The molecule has 1 aliphatic heterocycles. The number of fused-ring (bicyclic) bond motifs is 2. The van der Waals surface area contributed by atoms with Gasteiger partial charge in [-0.15, -0.1) is 0 Å². The number of hydrogen-bond donors (Lipinski definition) is 2. The molecule has 2 heterocycles. The SMILES string of the molecule is Cc1ccc2cc(CN(Cc3ccc4c(c3)OCO4)C(=O)NC3CCCCC3)c(=O)[nH]c2c1. The van der Waals surface area contributed by atoms with Crippen LogP contribution in [0.15, 0.2) is 47.3 Å². The molecule has 0 unspecified atom stereocenters. The average Bonchev–Trinajstić information content (AvgIpc) is 3.28. The predicted molar refractivity (Wildman–Crippen MR) is 127 cm³/mol. The smallest absolute Gasteiger partial charge is 0.318 e. The maximum Gasteiger partial charge on any atom is 0.318 e. The normalized spacial score (nSPS) is 15.5. The Morgan fingerprint density at radius 3 is 2.70 bits per heavy atom. The van der Waals surface area contributed by atoms with Crippen LogP contribution in [0.25, 0.3) is 10.9 Å². The number of nitrogens with zero attached hydrogens (tertiary/aromatic N) is 1. The number of rotatable bonds is 5. The van der Waals surface area contributed by atoms with Gasteiger partial charge < -0.3 is 24.7 Å². The highest BCUT2D eigenvalue weighted by atomic mass is 16.7. The Morgan fingerprint density at radius 2 is 1.85 bits per heavy atom. The van der Waals surface area contributed by atoms with Crippen molar-refractivity contribution in [3.8, 4) is 11.5 Å². The summed E-state index contributed by atoms with van der Waals surface area (Å²) < 4.78 is 10.9. The van der Waals surface area contributed by atoms with E-state index in [9.17, 15) is 9.59 Å². The largest absolute Gasteiger partial charge is 0.454 e. The Morgan fingerprint density at radius 1 is 1.03 bits per heavy atom. The van der Waals surface area contributed by atoms with Gasteiger partial charge in [-0.3, -0.25) is 4.79 Å². The van der Waals surface area contributed by atoms with E-state index in [0.717, 1.165) is 47.7 Å². The standard InChI is InChI=1S/C26H29N3O4/c1-17-7-9-19-13-20(25(30)28-22(19)11-17)15-29(26(31)27-21-5-3-2-4-6-21)14-18-8-10-23-24(12-18)33-16-32-23/h7-13,21H,2-6,14-16H2,1H3,(H,27,31)(H,28,30). The number of H-pyrrole nitrogens is 1. The maximum absolute atomic E-state index is 13.3. The fourth-order valence-corrected chi connectivity index (χ4v) is 4.66. The second kappa shape index (κ2) is 9.17. The number of aryl methyl sites for hydroxylation is 1. The molecule has 1 fully saturated rings. The first kappa shape index (κ1) is 21.4. The number of aromatic nitrogens is 1. The third kappa shape index (κ3) is 4.82. The summed E-state index contributed by atoms with van der Waals surface area (Å²) in [6.07, 6.45) is 5.49. The molecule has 2 aliphatic rings. The number of amides is 2. The first-order chi connectivity index (χ1) is 16.0. The van der Waals surface area contributed by atoms with E-state index in [1.807, 2.05) is 49.4 Å². The number of ether oxygens (including phenoxy) is 2. The van der Waals surface area contributed by atoms with Gasteiger partial charge in [0.15, 0.2) is 11.5 Å². The van der Waals surface area contributed by atoms with Crippen LogP contribution in [-0.2, 0) is 13.1 Å². The Bertz CT molecular complexity index is 1230. The molecular weight excluding hydrogens is 418 g/mol. The third-order valence-electron chi connectivity index (χ3n) is 6.47. The number of hydrogen-bond acceptors (Lipinski definition) is 4. The lowest BCUT2D eigenvalue weighted by Crippen LogP contribution is -2.45. The molecule has 1 saturated carbocycles. The zero-order chi connectivity index (χ0) is 22.8. The summed E-state index contributed by atoms with van der Waals surface area (Å²) in [5.41, 5.74) is 3.20. The average molecular weight is 448 g/mol. The molecule has 0 atom stereocenters. The monoisotopic (exact) mass is 447 g/mol. The van der Waals surface area contributed by atoms with E-state index in [1.165, 1.54) is 6.42 Å². The maximum atomic E-state index is 13.3. The predicted octanol–water partition coefficient (Wildman–Crippen LogP) is 4.61. The van der Waals surface area contributed by atoms with E-state index in [4.69, 9.17) is 9.47 Å². The van der Waals surface area contributed by atoms with Gasteiger partial charge >= 0.3 is 6.03 Å². The van der Waals surface area contributed by atoms with E-state index in [0.29, 0.717) is 23.6 Å². The van der Waals surface area contributed by atoms with Crippen LogP contribution >= 0.6 is 0 Å². The second-order valence-electron chi connectivity index (χ2n) is 9.04. The number of carbonyl (C=O) groups is 1. The van der Waals surface area contributed by atoms with Crippen LogP contribution in [0.1, 0.15) is 48.8 Å². The van der Waals surface area contributed by atoms with Crippen molar-refractivity contribution in [3.63, 3.8) is 0 Å². The summed E-state index contributed by atoms with van der Waals surface area (Å²) in [5.74, 6) is 1.39. The lowest BCUT2D eigenvalue weighted by molar-refractivity contribution is 0.173. The Labute approximate surface area is 192 Å². The van der Waals surface area contributed by atoms with E-state index in [2.05, 4.69) is 10.3 Å². The van der Waals surface area contributed by atoms with E-state index >= 15 is 0 Å². The highest BCUT2D eigenvalue weighted by Crippen LogP contribution is 2.33. The Balaban J connectivity index is 1.42. The van der Waals surface area contributed by atoms with Gasteiger partial charge in [-0.05, 0) is 60.5 Å². The van der Waals surface area contributed by atoms with Crippen molar-refractivity contribution < 1.29 is 14.3 Å². The molecule has 0 radical (unpaired) electrons. The highest BCUT2D eigenvalue weighted by molar-refractivity contribution is 5.80. The lowest BCUT2D eigenvalue weighted by atomic mass is 9.96. The fourth-order valence-electron chi connectivity index (χ4n) is 4.66. The molecule has 1 aliphatic carbocycles. The quantitative estimate of drug-likeness (QED) is 0.598. The minimum absolute atomic E-state index is 0.150. The van der Waals surface area contributed by atoms with Crippen molar-refractivity contribution in [1.29, 1.82) is 0 Å². The van der Waals surface area contributed by atoms with Crippen molar-refractivity contribution in [1.82, 2.24) is 15.2 Å². The van der Waals surface area contributed by atoms with Crippen LogP contribution in [0.4, 0.5) is 4.79 Å². The molecule has 33 heavy (non-hydrogen) atoms. The van der Waals surface area contributed by atoms with Crippen LogP contribution in [0.3, 0.4) is 0 Å². The van der Waals surface area contributed by atoms with Crippen LogP contribution in [0.2, 0.25) is 0 Å². The van der Waals surface area contributed by atoms with Gasteiger partial charge in [0.1, 0.15) is 0 Å². The van der Waals surface area contributed by atoms with Crippen molar-refractivity contribution in [3.05, 3.63) is 69.5 Å². The van der Waals surface area contributed by atoms with Gasteiger partial charge in [0.25, 0.3) is 5.56 Å². The zero-order valence-corrected chi connectivity index (χ0v) is 18.9. The lowest BCUT2D eigenvalue weighted by Gasteiger charge is -2.28. The van der Waals surface area contributed by atoms with Gasteiger partial charge in [-0.2, -0.15) is 0 Å². The van der Waals surface area contributed by atoms with Crippen molar-refractivity contribution >= 4 is 16.9 Å². The molecule has 2 N–H and O–H groups in total. The first-order valence-electron chi connectivity index (χ1n) is 11.6. The minimum Gasteiger partial charge on any atom is -0.454 e. The molecule has 3 aromatic rings. The van der Waals surface area contributed by atoms with Gasteiger partial charge in [-0.25, -0.2) is 4.79 Å². The van der Waals surface area contributed by atoms with Gasteiger partial charge in [0.2, 0.25) is 6.79 Å². The number of urea groups is 1. The van der Waals surface area contributed by atoms with Crippen LogP contribution in [0.5, 0.6) is 11.5 Å². The van der Waals surface area contributed by atoms with Gasteiger partial charge in [0, 0.05) is 23.7 Å². The van der Waals surface area contributed by atoms with E-state index in [-0.39, 0.29) is 31.0 Å². The Kier molecular flexibility index (Phi) is 5.94. The first-order valence-corrected chi connectivity index (χ1v) is 11.6. The molecular formula is C26H29N3O4. The van der Waals surface area contributed by atoms with Crippen LogP contribution in [-0.4, -0.2) is 28.7 Å². The van der Waals surface area contributed by atoms with Crippen molar-refractivity contribution in [2.45, 2.75) is 58.2 Å². The van der Waals surface area contributed by atoms with E-state index < -0.39 is 0 Å². The molecule has 0 saturated heterocycles. The molecule has 7 heteroatoms. The topological polar surface area (TPSA) is 83.7 Å². The molecule has 0 spiro atoms. The summed E-state index contributed by atoms with van der Waals surface area (Å²) in [4.78, 5) is 30.8. The molecule has 2 amide bonds. The molecule has 5 rings (SSSR count). The van der Waals surface area contributed by atoms with Crippen LogP contribution in [0, 0.1) is 6.92 Å². The number of benzene rings is 2. The number of pyridine rings is 1.